The Kier molecular flexibility index (Phi) is 3.17. The quantitative estimate of drug-likeness (QED) is 0.695. The average molecular weight is 285 g/mol. The van der Waals surface area contributed by atoms with Crippen molar-refractivity contribution in [1.29, 1.82) is 0 Å². The average Bonchev–Trinajstić information content (AvgIpc) is 2.45. The van der Waals surface area contributed by atoms with Crippen LogP contribution in [-0.2, 0) is 0 Å². The summed E-state index contributed by atoms with van der Waals surface area (Å²) in [5.74, 6) is -0.976. The molecule has 5 heteroatoms. The molecular formula is C16H13F2N3. The van der Waals surface area contributed by atoms with Gasteiger partial charge in [0.25, 0.3) is 0 Å². The van der Waals surface area contributed by atoms with Gasteiger partial charge in [0.2, 0.25) is 0 Å². The SMILES string of the molecule is Cc1cnc(Nc2c(F)cccc2F)c2cccc(N)c12. The number of aryl methyl sites for hydroxylation is 1. The molecular weight excluding hydrogens is 272 g/mol. The monoisotopic (exact) mass is 285 g/mol. The summed E-state index contributed by atoms with van der Waals surface area (Å²) in [5.41, 5.74) is 7.26. The Morgan fingerprint density at radius 3 is 2.43 bits per heavy atom. The second kappa shape index (κ2) is 5.01. The van der Waals surface area contributed by atoms with Crippen molar-refractivity contribution in [2.45, 2.75) is 6.92 Å². The second-order valence-electron chi connectivity index (χ2n) is 4.78. The summed E-state index contributed by atoms with van der Waals surface area (Å²) >= 11 is 0. The fourth-order valence-electron chi connectivity index (χ4n) is 2.34. The molecule has 0 spiro atoms. The summed E-state index contributed by atoms with van der Waals surface area (Å²) in [6.07, 6.45) is 1.62. The molecule has 0 radical (unpaired) electrons. The topological polar surface area (TPSA) is 50.9 Å². The third-order valence-corrected chi connectivity index (χ3v) is 3.34. The predicted molar refractivity (Wildman–Crippen MR) is 80.5 cm³/mol. The number of halogens is 2. The van der Waals surface area contributed by atoms with Crippen LogP contribution in [0.2, 0.25) is 0 Å². The molecule has 0 fully saturated rings. The number of para-hydroxylation sites is 1. The lowest BCUT2D eigenvalue weighted by molar-refractivity contribution is 0.590. The molecule has 0 aliphatic heterocycles. The number of pyridine rings is 1. The van der Waals surface area contributed by atoms with Crippen LogP contribution in [0.4, 0.5) is 26.0 Å². The lowest BCUT2D eigenvalue weighted by Gasteiger charge is -2.13. The Balaban J connectivity index is 2.18. The molecule has 0 saturated heterocycles. The third-order valence-electron chi connectivity index (χ3n) is 3.34. The summed E-state index contributed by atoms with van der Waals surface area (Å²) in [5, 5.41) is 4.27. The maximum Gasteiger partial charge on any atom is 0.149 e. The first-order chi connectivity index (χ1) is 10.1. The van der Waals surface area contributed by atoms with Gasteiger partial charge in [-0.15, -0.1) is 0 Å². The van der Waals surface area contributed by atoms with E-state index in [9.17, 15) is 8.78 Å². The van der Waals surface area contributed by atoms with Crippen LogP contribution in [0.1, 0.15) is 5.56 Å². The van der Waals surface area contributed by atoms with E-state index < -0.39 is 11.6 Å². The molecule has 1 aromatic heterocycles. The van der Waals surface area contributed by atoms with Gasteiger partial charge in [0.1, 0.15) is 23.1 Å². The molecule has 0 aliphatic carbocycles. The van der Waals surface area contributed by atoms with Crippen molar-refractivity contribution in [3.8, 4) is 0 Å². The van der Waals surface area contributed by atoms with Crippen molar-refractivity contribution >= 4 is 28.0 Å². The Morgan fingerprint density at radius 2 is 1.71 bits per heavy atom. The Hall–Kier alpha value is -2.69. The van der Waals surface area contributed by atoms with Gasteiger partial charge in [0.05, 0.1) is 0 Å². The molecule has 0 amide bonds. The van der Waals surface area contributed by atoms with Gasteiger partial charge in [-0.25, -0.2) is 13.8 Å². The van der Waals surface area contributed by atoms with E-state index in [4.69, 9.17) is 5.73 Å². The van der Waals surface area contributed by atoms with Gasteiger partial charge in [0, 0.05) is 22.7 Å². The fourth-order valence-corrected chi connectivity index (χ4v) is 2.34. The van der Waals surface area contributed by atoms with Gasteiger partial charge in [-0.3, -0.25) is 0 Å². The van der Waals surface area contributed by atoms with E-state index in [1.165, 1.54) is 18.2 Å². The highest BCUT2D eigenvalue weighted by Gasteiger charge is 2.12. The van der Waals surface area contributed by atoms with E-state index in [0.29, 0.717) is 11.5 Å². The van der Waals surface area contributed by atoms with Crippen molar-refractivity contribution in [3.05, 3.63) is 59.8 Å². The Bertz CT molecular complexity index is 803. The number of fused-ring (bicyclic) bond motifs is 1. The van der Waals surface area contributed by atoms with Crippen molar-refractivity contribution in [2.75, 3.05) is 11.1 Å². The van der Waals surface area contributed by atoms with E-state index in [-0.39, 0.29) is 5.69 Å². The van der Waals surface area contributed by atoms with Crippen LogP contribution >= 0.6 is 0 Å². The number of nitrogens with zero attached hydrogens (tertiary/aromatic N) is 1. The lowest BCUT2D eigenvalue weighted by Crippen LogP contribution is -2.01. The van der Waals surface area contributed by atoms with Crippen LogP contribution in [-0.4, -0.2) is 4.98 Å². The molecule has 1 heterocycles. The number of aromatic nitrogens is 1. The summed E-state index contributed by atoms with van der Waals surface area (Å²) < 4.78 is 27.5. The van der Waals surface area contributed by atoms with Crippen LogP contribution in [0.15, 0.2) is 42.6 Å². The van der Waals surface area contributed by atoms with Crippen molar-refractivity contribution in [1.82, 2.24) is 4.98 Å². The highest BCUT2D eigenvalue weighted by molar-refractivity contribution is 6.02. The molecule has 0 aliphatic rings. The van der Waals surface area contributed by atoms with Crippen molar-refractivity contribution in [3.63, 3.8) is 0 Å². The maximum atomic E-state index is 13.7. The lowest BCUT2D eigenvalue weighted by atomic mass is 10.1. The molecule has 0 saturated carbocycles. The molecule has 3 rings (SSSR count). The van der Waals surface area contributed by atoms with Crippen molar-refractivity contribution < 1.29 is 8.78 Å². The predicted octanol–water partition coefficient (Wildman–Crippen LogP) is 4.15. The minimum Gasteiger partial charge on any atom is -0.398 e. The van der Waals surface area contributed by atoms with Crippen LogP contribution < -0.4 is 11.1 Å². The first-order valence-electron chi connectivity index (χ1n) is 6.43. The van der Waals surface area contributed by atoms with Gasteiger partial charge in [-0.2, -0.15) is 0 Å². The van der Waals surface area contributed by atoms with Crippen LogP contribution in [0.5, 0.6) is 0 Å². The molecule has 21 heavy (non-hydrogen) atoms. The second-order valence-corrected chi connectivity index (χ2v) is 4.78. The molecule has 0 atom stereocenters. The van der Waals surface area contributed by atoms with Gasteiger partial charge < -0.3 is 11.1 Å². The van der Waals surface area contributed by atoms with Gasteiger partial charge >= 0.3 is 0 Å². The minimum absolute atomic E-state index is 0.224. The molecule has 3 nitrogen and oxygen atoms in total. The number of anilines is 3. The number of nitrogens with one attached hydrogen (secondary N) is 1. The summed E-state index contributed by atoms with van der Waals surface area (Å²) in [7, 11) is 0. The molecule has 0 unspecified atom stereocenters. The van der Waals surface area contributed by atoms with Gasteiger partial charge in [-0.1, -0.05) is 18.2 Å². The van der Waals surface area contributed by atoms with E-state index in [1.54, 1.807) is 18.3 Å². The van der Waals surface area contributed by atoms with E-state index >= 15 is 0 Å². The zero-order valence-corrected chi connectivity index (χ0v) is 11.3. The van der Waals surface area contributed by atoms with E-state index in [1.807, 2.05) is 13.0 Å². The zero-order chi connectivity index (χ0) is 15.0. The number of nitrogen functional groups attached to an aromatic ring is 1. The number of hydrogen-bond donors (Lipinski definition) is 2. The Morgan fingerprint density at radius 1 is 1.05 bits per heavy atom. The highest BCUT2D eigenvalue weighted by atomic mass is 19.1. The standard InChI is InChI=1S/C16H13F2N3/c1-9-8-20-16(10-4-2-7-13(19)14(9)10)21-15-11(17)5-3-6-12(15)18/h2-8H,19H2,1H3,(H,20,21). The molecule has 0 bridgehead atoms. The number of hydrogen-bond acceptors (Lipinski definition) is 3. The molecule has 3 N–H and O–H groups in total. The Labute approximate surface area is 120 Å². The fraction of sp³-hybridized carbons (Fsp3) is 0.0625. The smallest absolute Gasteiger partial charge is 0.149 e. The maximum absolute atomic E-state index is 13.7. The molecule has 3 aromatic rings. The first kappa shape index (κ1) is 13.3. The summed E-state index contributed by atoms with van der Waals surface area (Å²) in [4.78, 5) is 4.23. The van der Waals surface area contributed by atoms with Crippen molar-refractivity contribution in [2.24, 2.45) is 0 Å². The summed E-state index contributed by atoms with van der Waals surface area (Å²) in [6, 6.07) is 9.07. The zero-order valence-electron chi connectivity index (χ0n) is 11.3. The number of benzene rings is 2. The summed E-state index contributed by atoms with van der Waals surface area (Å²) in [6.45, 7) is 1.89. The van der Waals surface area contributed by atoms with Gasteiger partial charge in [-0.05, 0) is 30.7 Å². The van der Waals surface area contributed by atoms with E-state index in [2.05, 4.69) is 10.3 Å². The van der Waals surface area contributed by atoms with Crippen LogP contribution in [0.25, 0.3) is 10.8 Å². The number of rotatable bonds is 2. The van der Waals surface area contributed by atoms with E-state index in [0.717, 1.165) is 16.3 Å². The first-order valence-corrected chi connectivity index (χ1v) is 6.43. The van der Waals surface area contributed by atoms with Crippen LogP contribution in [0, 0.1) is 18.6 Å². The molecule has 106 valence electrons. The van der Waals surface area contributed by atoms with Gasteiger partial charge in [0.15, 0.2) is 0 Å². The molecule has 2 aromatic carbocycles. The third kappa shape index (κ3) is 2.27. The largest absolute Gasteiger partial charge is 0.398 e. The van der Waals surface area contributed by atoms with Crippen LogP contribution in [0.3, 0.4) is 0 Å². The highest BCUT2D eigenvalue weighted by Crippen LogP contribution is 2.31. The minimum atomic E-state index is -0.672. The normalized spacial score (nSPS) is 10.8. The number of nitrogens with two attached hydrogens (primary N) is 1.